The van der Waals surface area contributed by atoms with Crippen molar-refractivity contribution in [2.75, 3.05) is 0 Å². The lowest BCUT2D eigenvalue weighted by Gasteiger charge is -2.16. The van der Waals surface area contributed by atoms with Gasteiger partial charge in [-0.3, -0.25) is 0 Å². The van der Waals surface area contributed by atoms with Gasteiger partial charge >= 0.3 is 0 Å². The van der Waals surface area contributed by atoms with Crippen molar-refractivity contribution in [2.24, 2.45) is 0 Å². The van der Waals surface area contributed by atoms with Crippen LogP contribution < -0.4 is 0 Å². The smallest absolute Gasteiger partial charge is 0.242 e. The van der Waals surface area contributed by atoms with Gasteiger partial charge in [0, 0.05) is 23.2 Å². The lowest BCUT2D eigenvalue weighted by Crippen LogP contribution is -2.11. The SMILES string of the molecule is [O-][S+]1[C]CCc2ccccc21. The number of hydrogen-bond donors (Lipinski definition) is 0. The van der Waals surface area contributed by atoms with Crippen LogP contribution in [-0.2, 0) is 17.6 Å². The Kier molecular flexibility index (Phi) is 1.88. The second-order valence-electron chi connectivity index (χ2n) is 2.52. The summed E-state index contributed by atoms with van der Waals surface area (Å²) in [6.07, 6.45) is 1.81. The highest BCUT2D eigenvalue weighted by atomic mass is 32.2. The van der Waals surface area contributed by atoms with Crippen LogP contribution in [0.5, 0.6) is 0 Å². The molecule has 1 aromatic carbocycles. The third-order valence-electron chi connectivity index (χ3n) is 1.80. The van der Waals surface area contributed by atoms with Gasteiger partial charge in [-0.05, 0) is 12.5 Å². The first-order valence-corrected chi connectivity index (χ1v) is 4.76. The van der Waals surface area contributed by atoms with Gasteiger partial charge < -0.3 is 4.55 Å². The Balaban J connectivity index is 2.44. The van der Waals surface area contributed by atoms with E-state index in [4.69, 9.17) is 0 Å². The summed E-state index contributed by atoms with van der Waals surface area (Å²) in [5.74, 6) is 2.91. The molecule has 56 valence electrons. The molecule has 0 saturated heterocycles. The van der Waals surface area contributed by atoms with E-state index >= 15 is 0 Å². The zero-order valence-electron chi connectivity index (χ0n) is 6.04. The van der Waals surface area contributed by atoms with Crippen LogP contribution in [0.4, 0.5) is 0 Å². The van der Waals surface area contributed by atoms with E-state index in [0.29, 0.717) is 0 Å². The molecule has 1 unspecified atom stereocenters. The van der Waals surface area contributed by atoms with E-state index < -0.39 is 11.2 Å². The molecule has 1 aliphatic heterocycles. The summed E-state index contributed by atoms with van der Waals surface area (Å²) in [5.41, 5.74) is 1.21. The molecule has 1 aromatic rings. The van der Waals surface area contributed by atoms with Crippen molar-refractivity contribution in [1.29, 1.82) is 0 Å². The molecule has 0 fully saturated rings. The summed E-state index contributed by atoms with van der Waals surface area (Å²) in [6, 6.07) is 7.86. The minimum Gasteiger partial charge on any atom is -0.611 e. The lowest BCUT2D eigenvalue weighted by molar-refractivity contribution is 0.593. The Bertz CT molecular complexity index is 259. The van der Waals surface area contributed by atoms with Gasteiger partial charge in [-0.2, -0.15) is 0 Å². The second kappa shape index (κ2) is 2.88. The molecule has 1 nitrogen and oxygen atoms in total. The van der Waals surface area contributed by atoms with E-state index in [2.05, 4.69) is 5.75 Å². The van der Waals surface area contributed by atoms with Crippen LogP contribution in [0.15, 0.2) is 29.2 Å². The molecule has 11 heavy (non-hydrogen) atoms. The zero-order valence-corrected chi connectivity index (χ0v) is 6.86. The van der Waals surface area contributed by atoms with E-state index in [1.54, 1.807) is 0 Å². The van der Waals surface area contributed by atoms with Crippen molar-refractivity contribution >= 4 is 11.2 Å². The third-order valence-corrected chi connectivity index (χ3v) is 3.06. The lowest BCUT2D eigenvalue weighted by atomic mass is 10.1. The molecule has 0 saturated carbocycles. The van der Waals surface area contributed by atoms with E-state index in [0.717, 1.165) is 17.7 Å². The first kappa shape index (κ1) is 7.19. The molecule has 2 rings (SSSR count). The fraction of sp³-hybridized carbons (Fsp3) is 0.222. The van der Waals surface area contributed by atoms with Crippen molar-refractivity contribution in [3.05, 3.63) is 35.6 Å². The van der Waals surface area contributed by atoms with Crippen molar-refractivity contribution in [2.45, 2.75) is 17.7 Å². The minimum absolute atomic E-state index is 0.823. The van der Waals surface area contributed by atoms with E-state index in [-0.39, 0.29) is 0 Å². The standard InChI is InChI=1S/C9H8OS/c10-11-7-3-5-8-4-1-2-6-9(8)11/h1-2,4,6H,3,5H2. The van der Waals surface area contributed by atoms with Gasteiger partial charge in [0.25, 0.3) is 0 Å². The maximum atomic E-state index is 11.3. The second-order valence-corrected chi connectivity index (χ2v) is 3.79. The van der Waals surface area contributed by atoms with Gasteiger partial charge in [-0.1, -0.05) is 18.2 Å². The average Bonchev–Trinajstić information content (AvgIpc) is 2.06. The summed E-state index contributed by atoms with van der Waals surface area (Å²) >= 11 is -0.965. The number of aryl methyl sites for hydroxylation is 1. The third kappa shape index (κ3) is 1.28. The molecule has 1 heterocycles. The molecule has 0 N–H and O–H groups in total. The maximum Gasteiger partial charge on any atom is 0.242 e. The fourth-order valence-corrected chi connectivity index (χ4v) is 2.30. The van der Waals surface area contributed by atoms with E-state index in [9.17, 15) is 4.55 Å². The van der Waals surface area contributed by atoms with Crippen LogP contribution in [0.3, 0.4) is 0 Å². The predicted molar refractivity (Wildman–Crippen MR) is 44.4 cm³/mol. The van der Waals surface area contributed by atoms with E-state index in [1.807, 2.05) is 24.3 Å². The van der Waals surface area contributed by atoms with Crippen LogP contribution in [0.1, 0.15) is 12.0 Å². The molecular weight excluding hydrogens is 156 g/mol. The highest BCUT2D eigenvalue weighted by molar-refractivity contribution is 7.93. The first-order valence-electron chi connectivity index (χ1n) is 3.61. The molecule has 0 aliphatic carbocycles. The molecule has 0 aromatic heterocycles. The molecule has 1 aliphatic rings. The predicted octanol–water partition coefficient (Wildman–Crippen LogP) is 1.78. The largest absolute Gasteiger partial charge is 0.611 e. The number of hydrogen-bond acceptors (Lipinski definition) is 1. The van der Waals surface area contributed by atoms with Crippen molar-refractivity contribution < 1.29 is 4.55 Å². The monoisotopic (exact) mass is 164 g/mol. The van der Waals surface area contributed by atoms with Gasteiger partial charge in [0.1, 0.15) is 0 Å². The van der Waals surface area contributed by atoms with Gasteiger partial charge in [0.15, 0.2) is 4.90 Å². The summed E-state index contributed by atoms with van der Waals surface area (Å²) < 4.78 is 11.3. The van der Waals surface area contributed by atoms with Crippen LogP contribution in [0, 0.1) is 5.75 Å². The Morgan fingerprint density at radius 2 is 2.18 bits per heavy atom. The highest BCUT2D eigenvalue weighted by Crippen LogP contribution is 2.26. The summed E-state index contributed by atoms with van der Waals surface area (Å²) in [6.45, 7) is 0. The topological polar surface area (TPSA) is 23.1 Å². The zero-order chi connectivity index (χ0) is 7.68. The van der Waals surface area contributed by atoms with Gasteiger partial charge in [-0.15, -0.1) is 0 Å². The number of fused-ring (bicyclic) bond motifs is 1. The quantitative estimate of drug-likeness (QED) is 0.536. The average molecular weight is 164 g/mol. The van der Waals surface area contributed by atoms with Crippen molar-refractivity contribution in [3.8, 4) is 0 Å². The number of rotatable bonds is 0. The summed E-state index contributed by atoms with van der Waals surface area (Å²) in [7, 11) is 0. The summed E-state index contributed by atoms with van der Waals surface area (Å²) in [5, 5.41) is 0. The molecular formula is C9H8OS. The van der Waals surface area contributed by atoms with Crippen LogP contribution in [0.25, 0.3) is 0 Å². The molecule has 2 heteroatoms. The maximum absolute atomic E-state index is 11.3. The van der Waals surface area contributed by atoms with Gasteiger partial charge in [0.2, 0.25) is 5.75 Å². The summed E-state index contributed by atoms with van der Waals surface area (Å²) in [4.78, 5) is 0.943. The van der Waals surface area contributed by atoms with Gasteiger partial charge in [0.05, 0.1) is 0 Å². The Morgan fingerprint density at radius 1 is 1.36 bits per heavy atom. The van der Waals surface area contributed by atoms with Crippen LogP contribution >= 0.6 is 0 Å². The molecule has 0 spiro atoms. The highest BCUT2D eigenvalue weighted by Gasteiger charge is 2.22. The minimum atomic E-state index is -0.965. The Morgan fingerprint density at radius 3 is 3.00 bits per heavy atom. The molecule has 1 atom stereocenters. The Hall–Kier alpha value is -0.470. The Labute approximate surface area is 69.6 Å². The fourth-order valence-electron chi connectivity index (χ4n) is 1.25. The molecule has 0 bridgehead atoms. The van der Waals surface area contributed by atoms with E-state index in [1.165, 1.54) is 5.56 Å². The normalized spacial score (nSPS) is 22.8. The van der Waals surface area contributed by atoms with Crippen molar-refractivity contribution in [3.63, 3.8) is 0 Å². The van der Waals surface area contributed by atoms with Crippen LogP contribution in [0.2, 0.25) is 0 Å². The van der Waals surface area contributed by atoms with Crippen molar-refractivity contribution in [1.82, 2.24) is 0 Å². The molecule has 0 amide bonds. The van der Waals surface area contributed by atoms with Gasteiger partial charge in [-0.25, -0.2) is 0 Å². The molecule has 2 radical (unpaired) electrons. The van der Waals surface area contributed by atoms with Crippen LogP contribution in [-0.4, -0.2) is 4.55 Å². The number of benzene rings is 1. The first-order chi connectivity index (χ1) is 5.38.